The second-order valence-corrected chi connectivity index (χ2v) is 4.73. The van der Waals surface area contributed by atoms with Gasteiger partial charge >= 0.3 is 0 Å². The van der Waals surface area contributed by atoms with Crippen molar-refractivity contribution in [2.75, 3.05) is 19.7 Å². The average molecular weight is 273 g/mol. The Morgan fingerprint density at radius 2 is 2.15 bits per heavy atom. The SMILES string of the molecule is C[C@H]1CN(C(=O)c2ccc(-n3cnnn3)cc2)CCO1. The normalized spacial score (nSPS) is 19.1. The Morgan fingerprint density at radius 1 is 1.35 bits per heavy atom. The number of ether oxygens (including phenoxy) is 1. The van der Waals surface area contributed by atoms with Crippen LogP contribution in [0.2, 0.25) is 0 Å². The highest BCUT2D eigenvalue weighted by molar-refractivity contribution is 5.94. The molecule has 1 amide bonds. The summed E-state index contributed by atoms with van der Waals surface area (Å²) >= 11 is 0. The Balaban J connectivity index is 1.75. The number of hydrogen-bond donors (Lipinski definition) is 0. The molecule has 104 valence electrons. The average Bonchev–Trinajstić information content (AvgIpc) is 3.01. The molecule has 1 aromatic carbocycles. The molecule has 0 spiro atoms. The molecule has 0 N–H and O–H groups in total. The second kappa shape index (κ2) is 5.38. The largest absolute Gasteiger partial charge is 0.375 e. The zero-order valence-electron chi connectivity index (χ0n) is 11.1. The predicted molar refractivity (Wildman–Crippen MR) is 70.5 cm³/mol. The minimum absolute atomic E-state index is 0.0309. The van der Waals surface area contributed by atoms with E-state index in [1.807, 2.05) is 24.0 Å². The first-order chi connectivity index (χ1) is 9.74. The van der Waals surface area contributed by atoms with Crippen LogP contribution < -0.4 is 0 Å². The number of morpholine rings is 1. The number of benzene rings is 1. The minimum Gasteiger partial charge on any atom is -0.375 e. The van der Waals surface area contributed by atoms with Crippen LogP contribution in [-0.2, 0) is 4.74 Å². The molecule has 1 aromatic heterocycles. The Bertz CT molecular complexity index is 581. The van der Waals surface area contributed by atoms with Gasteiger partial charge in [0, 0.05) is 18.7 Å². The lowest BCUT2D eigenvalue weighted by atomic mass is 10.1. The zero-order chi connectivity index (χ0) is 13.9. The van der Waals surface area contributed by atoms with Crippen LogP contribution in [0.5, 0.6) is 0 Å². The zero-order valence-corrected chi connectivity index (χ0v) is 11.1. The first-order valence-corrected chi connectivity index (χ1v) is 6.48. The number of amides is 1. The van der Waals surface area contributed by atoms with Crippen LogP contribution in [0.4, 0.5) is 0 Å². The van der Waals surface area contributed by atoms with Crippen LogP contribution in [0.25, 0.3) is 5.69 Å². The van der Waals surface area contributed by atoms with E-state index in [2.05, 4.69) is 15.5 Å². The third-order valence-corrected chi connectivity index (χ3v) is 3.26. The molecule has 1 saturated heterocycles. The first-order valence-electron chi connectivity index (χ1n) is 6.48. The Labute approximate surface area is 116 Å². The maximum absolute atomic E-state index is 12.4. The van der Waals surface area contributed by atoms with Crippen molar-refractivity contribution in [1.29, 1.82) is 0 Å². The molecule has 0 aliphatic carbocycles. The minimum atomic E-state index is 0.0309. The first kappa shape index (κ1) is 12.7. The summed E-state index contributed by atoms with van der Waals surface area (Å²) in [4.78, 5) is 14.2. The van der Waals surface area contributed by atoms with E-state index in [0.29, 0.717) is 25.3 Å². The fourth-order valence-electron chi connectivity index (χ4n) is 2.22. The van der Waals surface area contributed by atoms with Gasteiger partial charge in [0.2, 0.25) is 0 Å². The summed E-state index contributed by atoms with van der Waals surface area (Å²) in [6, 6.07) is 7.24. The summed E-state index contributed by atoms with van der Waals surface area (Å²) < 4.78 is 6.99. The van der Waals surface area contributed by atoms with Crippen molar-refractivity contribution in [1.82, 2.24) is 25.1 Å². The van der Waals surface area contributed by atoms with Gasteiger partial charge in [-0.15, -0.1) is 5.10 Å². The highest BCUT2D eigenvalue weighted by Gasteiger charge is 2.22. The third kappa shape index (κ3) is 2.53. The summed E-state index contributed by atoms with van der Waals surface area (Å²) in [5.74, 6) is 0.0309. The van der Waals surface area contributed by atoms with Gasteiger partial charge in [-0.25, -0.2) is 4.68 Å². The standard InChI is InChI=1S/C13H15N5O2/c1-10-8-17(6-7-20-10)13(19)11-2-4-12(5-3-11)18-9-14-15-16-18/h2-5,9-10H,6-8H2,1H3/t10-/m0/s1. The number of rotatable bonds is 2. The van der Waals surface area contributed by atoms with E-state index in [0.717, 1.165) is 5.69 Å². The molecular weight excluding hydrogens is 258 g/mol. The van der Waals surface area contributed by atoms with Gasteiger partial charge in [0.05, 0.1) is 18.4 Å². The quantitative estimate of drug-likeness (QED) is 0.797. The van der Waals surface area contributed by atoms with Crippen molar-refractivity contribution in [2.24, 2.45) is 0 Å². The number of tetrazole rings is 1. The molecule has 7 nitrogen and oxygen atoms in total. The summed E-state index contributed by atoms with van der Waals surface area (Å²) in [5.41, 5.74) is 1.48. The van der Waals surface area contributed by atoms with E-state index in [1.54, 1.807) is 16.8 Å². The number of hydrogen-bond acceptors (Lipinski definition) is 5. The van der Waals surface area contributed by atoms with Crippen molar-refractivity contribution in [2.45, 2.75) is 13.0 Å². The molecule has 3 rings (SSSR count). The van der Waals surface area contributed by atoms with Gasteiger partial charge in [0.25, 0.3) is 5.91 Å². The molecule has 1 fully saturated rings. The third-order valence-electron chi connectivity index (χ3n) is 3.26. The van der Waals surface area contributed by atoms with Crippen LogP contribution >= 0.6 is 0 Å². The van der Waals surface area contributed by atoms with Gasteiger partial charge in [0.1, 0.15) is 6.33 Å². The monoisotopic (exact) mass is 273 g/mol. The maximum Gasteiger partial charge on any atom is 0.254 e. The fraction of sp³-hybridized carbons (Fsp3) is 0.385. The topological polar surface area (TPSA) is 73.1 Å². The van der Waals surface area contributed by atoms with Crippen molar-refractivity contribution in [3.05, 3.63) is 36.2 Å². The van der Waals surface area contributed by atoms with Crippen LogP contribution in [0, 0.1) is 0 Å². The molecule has 1 aliphatic heterocycles. The Hall–Kier alpha value is -2.28. The van der Waals surface area contributed by atoms with Gasteiger partial charge in [-0.3, -0.25) is 4.79 Å². The van der Waals surface area contributed by atoms with Crippen LogP contribution in [0.15, 0.2) is 30.6 Å². The van der Waals surface area contributed by atoms with E-state index in [-0.39, 0.29) is 12.0 Å². The molecule has 0 saturated carbocycles. The van der Waals surface area contributed by atoms with Gasteiger partial charge in [-0.1, -0.05) is 0 Å². The van der Waals surface area contributed by atoms with Crippen LogP contribution in [-0.4, -0.2) is 56.8 Å². The lowest BCUT2D eigenvalue weighted by molar-refractivity contribution is -0.0124. The summed E-state index contributed by atoms with van der Waals surface area (Å²) in [6.07, 6.45) is 1.61. The molecule has 1 atom stereocenters. The molecule has 0 unspecified atom stereocenters. The smallest absolute Gasteiger partial charge is 0.254 e. The molecule has 0 bridgehead atoms. The van der Waals surface area contributed by atoms with Crippen molar-refractivity contribution >= 4 is 5.91 Å². The molecule has 1 aliphatic rings. The lowest BCUT2D eigenvalue weighted by Crippen LogP contribution is -2.44. The maximum atomic E-state index is 12.4. The molecule has 7 heteroatoms. The van der Waals surface area contributed by atoms with E-state index in [4.69, 9.17) is 4.74 Å². The molecule has 2 heterocycles. The van der Waals surface area contributed by atoms with Crippen molar-refractivity contribution in [3.63, 3.8) is 0 Å². The summed E-state index contributed by atoms with van der Waals surface area (Å²) in [7, 11) is 0. The van der Waals surface area contributed by atoms with Gasteiger partial charge in [-0.2, -0.15) is 0 Å². The highest BCUT2D eigenvalue weighted by atomic mass is 16.5. The van der Waals surface area contributed by atoms with Crippen molar-refractivity contribution in [3.8, 4) is 5.69 Å². The van der Waals surface area contributed by atoms with Crippen molar-refractivity contribution < 1.29 is 9.53 Å². The summed E-state index contributed by atoms with van der Waals surface area (Å²) in [5, 5.41) is 11.0. The molecule has 20 heavy (non-hydrogen) atoms. The molecular formula is C13H15N5O2. The van der Waals surface area contributed by atoms with Crippen LogP contribution in [0.3, 0.4) is 0 Å². The predicted octanol–water partition coefficient (Wildman–Crippen LogP) is 0.523. The second-order valence-electron chi connectivity index (χ2n) is 4.73. The van der Waals surface area contributed by atoms with Gasteiger partial charge in [-0.05, 0) is 41.6 Å². The molecule has 0 radical (unpaired) electrons. The summed E-state index contributed by atoms with van der Waals surface area (Å²) in [6.45, 7) is 3.83. The molecule has 2 aromatic rings. The number of carbonyl (C=O) groups excluding carboxylic acids is 1. The van der Waals surface area contributed by atoms with E-state index < -0.39 is 0 Å². The van der Waals surface area contributed by atoms with Gasteiger partial charge in [0.15, 0.2) is 0 Å². The number of carbonyl (C=O) groups is 1. The highest BCUT2D eigenvalue weighted by Crippen LogP contribution is 2.13. The fourth-order valence-corrected chi connectivity index (χ4v) is 2.22. The van der Waals surface area contributed by atoms with E-state index in [9.17, 15) is 4.79 Å². The Morgan fingerprint density at radius 3 is 2.80 bits per heavy atom. The Kier molecular flexibility index (Phi) is 3.42. The lowest BCUT2D eigenvalue weighted by Gasteiger charge is -2.31. The number of nitrogens with zero attached hydrogens (tertiary/aromatic N) is 5. The van der Waals surface area contributed by atoms with Gasteiger partial charge < -0.3 is 9.64 Å². The van der Waals surface area contributed by atoms with E-state index in [1.165, 1.54) is 6.33 Å². The number of aromatic nitrogens is 4. The van der Waals surface area contributed by atoms with E-state index >= 15 is 0 Å². The van der Waals surface area contributed by atoms with Crippen LogP contribution in [0.1, 0.15) is 17.3 Å².